The summed E-state index contributed by atoms with van der Waals surface area (Å²) in [6.45, 7) is 0.507. The predicted molar refractivity (Wildman–Crippen MR) is 40.3 cm³/mol. The van der Waals surface area contributed by atoms with E-state index in [4.69, 9.17) is 15.1 Å². The highest BCUT2D eigenvalue weighted by Gasteiger charge is 2.33. The molecule has 0 spiro atoms. The van der Waals surface area contributed by atoms with Crippen LogP contribution in [0.2, 0.25) is 0 Å². The SMILES string of the molecule is N#CCC[C@H]1OCC[C@H]1C(=O)O. The summed E-state index contributed by atoms with van der Waals surface area (Å²) in [5.41, 5.74) is 0. The molecule has 0 aromatic carbocycles. The molecular formula is C8H11NO3. The molecule has 1 rings (SSSR count). The molecule has 2 atom stereocenters. The van der Waals surface area contributed by atoms with Crippen LogP contribution >= 0.6 is 0 Å². The molecule has 4 heteroatoms. The lowest BCUT2D eigenvalue weighted by molar-refractivity contribution is -0.143. The normalized spacial score (nSPS) is 28.2. The van der Waals surface area contributed by atoms with Crippen LogP contribution in [0, 0.1) is 17.2 Å². The maximum absolute atomic E-state index is 10.6. The van der Waals surface area contributed by atoms with E-state index < -0.39 is 11.9 Å². The molecule has 1 saturated heterocycles. The van der Waals surface area contributed by atoms with Gasteiger partial charge in [0.15, 0.2) is 0 Å². The number of aliphatic carboxylic acids is 1. The highest BCUT2D eigenvalue weighted by molar-refractivity contribution is 5.71. The van der Waals surface area contributed by atoms with Crippen molar-refractivity contribution in [3.8, 4) is 6.07 Å². The number of nitriles is 1. The van der Waals surface area contributed by atoms with Gasteiger partial charge in [0.25, 0.3) is 0 Å². The quantitative estimate of drug-likeness (QED) is 0.677. The van der Waals surface area contributed by atoms with E-state index in [-0.39, 0.29) is 6.10 Å². The first kappa shape index (κ1) is 9.01. The Morgan fingerprint density at radius 2 is 2.50 bits per heavy atom. The van der Waals surface area contributed by atoms with Crippen LogP contribution in [0.1, 0.15) is 19.3 Å². The Hall–Kier alpha value is -1.08. The topological polar surface area (TPSA) is 70.3 Å². The Morgan fingerprint density at radius 3 is 3.08 bits per heavy atom. The summed E-state index contributed by atoms with van der Waals surface area (Å²) in [4.78, 5) is 10.6. The lowest BCUT2D eigenvalue weighted by atomic mass is 9.98. The average Bonchev–Trinajstić information content (AvgIpc) is 2.48. The van der Waals surface area contributed by atoms with E-state index in [9.17, 15) is 4.79 Å². The van der Waals surface area contributed by atoms with Gasteiger partial charge in [0.2, 0.25) is 0 Å². The molecule has 0 saturated carbocycles. The maximum atomic E-state index is 10.6. The molecule has 12 heavy (non-hydrogen) atoms. The summed E-state index contributed by atoms with van der Waals surface area (Å²) in [7, 11) is 0. The average molecular weight is 169 g/mol. The minimum absolute atomic E-state index is 0.248. The van der Waals surface area contributed by atoms with Gasteiger partial charge in [0, 0.05) is 13.0 Å². The van der Waals surface area contributed by atoms with Gasteiger partial charge in [0.1, 0.15) is 0 Å². The van der Waals surface area contributed by atoms with Gasteiger partial charge in [-0.25, -0.2) is 0 Å². The number of rotatable bonds is 3. The van der Waals surface area contributed by atoms with Crippen LogP contribution < -0.4 is 0 Å². The summed E-state index contributed by atoms with van der Waals surface area (Å²) in [6, 6.07) is 1.98. The van der Waals surface area contributed by atoms with Crippen molar-refractivity contribution in [2.24, 2.45) is 5.92 Å². The summed E-state index contributed by atoms with van der Waals surface area (Å²) >= 11 is 0. The van der Waals surface area contributed by atoms with Crippen molar-refractivity contribution in [3.05, 3.63) is 0 Å². The lowest BCUT2D eigenvalue weighted by Crippen LogP contribution is -2.23. The Balaban J connectivity index is 2.42. The maximum Gasteiger partial charge on any atom is 0.309 e. The van der Waals surface area contributed by atoms with Crippen LogP contribution in [0.25, 0.3) is 0 Å². The van der Waals surface area contributed by atoms with E-state index in [0.717, 1.165) is 0 Å². The van der Waals surface area contributed by atoms with Crippen LogP contribution in [0.5, 0.6) is 0 Å². The largest absolute Gasteiger partial charge is 0.481 e. The molecule has 0 amide bonds. The Kier molecular flexibility index (Phi) is 3.06. The third-order valence-corrected chi connectivity index (χ3v) is 2.07. The van der Waals surface area contributed by atoms with Crippen molar-refractivity contribution in [2.45, 2.75) is 25.4 Å². The van der Waals surface area contributed by atoms with E-state index in [0.29, 0.717) is 25.9 Å². The van der Waals surface area contributed by atoms with E-state index in [2.05, 4.69) is 0 Å². The van der Waals surface area contributed by atoms with E-state index >= 15 is 0 Å². The molecule has 0 bridgehead atoms. The zero-order valence-corrected chi connectivity index (χ0v) is 6.69. The first-order chi connectivity index (χ1) is 5.75. The predicted octanol–water partition coefficient (Wildman–Crippen LogP) is 0.780. The summed E-state index contributed by atoms with van der Waals surface area (Å²) < 4.78 is 5.20. The molecular weight excluding hydrogens is 158 g/mol. The first-order valence-electron chi connectivity index (χ1n) is 3.97. The van der Waals surface area contributed by atoms with Crippen LogP contribution in [-0.4, -0.2) is 23.8 Å². The molecule has 1 N–H and O–H groups in total. The van der Waals surface area contributed by atoms with Crippen LogP contribution in [0.3, 0.4) is 0 Å². The molecule has 1 fully saturated rings. The minimum atomic E-state index is -0.810. The molecule has 1 aliphatic rings. The van der Waals surface area contributed by atoms with Gasteiger partial charge >= 0.3 is 5.97 Å². The van der Waals surface area contributed by atoms with Crippen LogP contribution in [-0.2, 0) is 9.53 Å². The standard InChI is InChI=1S/C8H11NO3/c9-4-1-2-7-6(8(10)11)3-5-12-7/h6-7H,1-3,5H2,(H,10,11)/t6-,7-/m1/s1. The van der Waals surface area contributed by atoms with Gasteiger partial charge in [-0.3, -0.25) is 4.79 Å². The van der Waals surface area contributed by atoms with Crippen LogP contribution in [0.4, 0.5) is 0 Å². The van der Waals surface area contributed by atoms with Gasteiger partial charge in [-0.15, -0.1) is 0 Å². The zero-order chi connectivity index (χ0) is 8.97. The molecule has 0 aromatic heterocycles. The highest BCUT2D eigenvalue weighted by Crippen LogP contribution is 2.24. The molecule has 0 aromatic rings. The second-order valence-corrected chi connectivity index (χ2v) is 2.84. The fraction of sp³-hybridized carbons (Fsp3) is 0.750. The highest BCUT2D eigenvalue weighted by atomic mass is 16.5. The number of hydrogen-bond acceptors (Lipinski definition) is 3. The van der Waals surface area contributed by atoms with Crippen molar-refractivity contribution in [1.29, 1.82) is 5.26 Å². The second-order valence-electron chi connectivity index (χ2n) is 2.84. The summed E-state index contributed by atoms with van der Waals surface area (Å²) in [5, 5.41) is 17.0. The number of carbonyl (C=O) groups is 1. The molecule has 1 aliphatic heterocycles. The van der Waals surface area contributed by atoms with Crippen molar-refractivity contribution in [3.63, 3.8) is 0 Å². The molecule has 1 heterocycles. The monoisotopic (exact) mass is 169 g/mol. The summed E-state index contributed by atoms with van der Waals surface area (Å²) in [6.07, 6.45) is 1.23. The van der Waals surface area contributed by atoms with Gasteiger partial charge in [0.05, 0.1) is 18.1 Å². The lowest BCUT2D eigenvalue weighted by Gasteiger charge is -2.12. The van der Waals surface area contributed by atoms with Crippen molar-refractivity contribution >= 4 is 5.97 Å². The third kappa shape index (κ3) is 1.95. The van der Waals surface area contributed by atoms with Crippen LogP contribution in [0.15, 0.2) is 0 Å². The van der Waals surface area contributed by atoms with E-state index in [1.54, 1.807) is 0 Å². The Labute approximate surface area is 70.7 Å². The van der Waals surface area contributed by atoms with Gasteiger partial charge in [-0.2, -0.15) is 5.26 Å². The first-order valence-corrected chi connectivity index (χ1v) is 3.97. The fourth-order valence-electron chi connectivity index (χ4n) is 1.42. The number of hydrogen-bond donors (Lipinski definition) is 1. The molecule has 0 radical (unpaired) electrons. The zero-order valence-electron chi connectivity index (χ0n) is 6.69. The van der Waals surface area contributed by atoms with Gasteiger partial charge in [-0.1, -0.05) is 0 Å². The molecule has 66 valence electrons. The minimum Gasteiger partial charge on any atom is -0.481 e. The van der Waals surface area contributed by atoms with Crippen molar-refractivity contribution < 1.29 is 14.6 Å². The fourth-order valence-corrected chi connectivity index (χ4v) is 1.42. The summed E-state index contributed by atoms with van der Waals surface area (Å²) in [5.74, 6) is -1.21. The van der Waals surface area contributed by atoms with Gasteiger partial charge in [-0.05, 0) is 12.8 Å². The Bertz CT molecular complexity index is 209. The van der Waals surface area contributed by atoms with Crippen molar-refractivity contribution in [1.82, 2.24) is 0 Å². The van der Waals surface area contributed by atoms with E-state index in [1.807, 2.05) is 6.07 Å². The number of ether oxygens (including phenoxy) is 1. The van der Waals surface area contributed by atoms with Gasteiger partial charge < -0.3 is 9.84 Å². The van der Waals surface area contributed by atoms with Crippen molar-refractivity contribution in [2.75, 3.05) is 6.61 Å². The third-order valence-electron chi connectivity index (χ3n) is 2.07. The number of carboxylic acid groups (broad SMARTS) is 1. The molecule has 4 nitrogen and oxygen atoms in total. The molecule has 0 aliphatic carbocycles. The smallest absolute Gasteiger partial charge is 0.309 e. The van der Waals surface area contributed by atoms with E-state index in [1.165, 1.54) is 0 Å². The second kappa shape index (κ2) is 4.07. The number of carboxylic acids is 1. The molecule has 0 unspecified atom stereocenters. The Morgan fingerprint density at radius 1 is 1.75 bits per heavy atom. The number of nitrogens with zero attached hydrogens (tertiary/aromatic N) is 1.